The van der Waals surface area contributed by atoms with E-state index in [0.717, 1.165) is 4.90 Å². The molecule has 0 amide bonds. The van der Waals surface area contributed by atoms with E-state index in [1.807, 2.05) is 18.2 Å². The van der Waals surface area contributed by atoms with Crippen molar-refractivity contribution in [1.82, 2.24) is 0 Å². The van der Waals surface area contributed by atoms with Crippen molar-refractivity contribution in [3.63, 3.8) is 0 Å². The fourth-order valence-electron chi connectivity index (χ4n) is 2.30. The summed E-state index contributed by atoms with van der Waals surface area (Å²) in [5.41, 5.74) is 7.47. The SMILES string of the molecule is COC1=C(Sc2ccccc2N)c2cc(=O)cccc2C1=O. The first-order valence-corrected chi connectivity index (χ1v) is 7.43. The smallest absolute Gasteiger partial charge is 0.229 e. The Balaban J connectivity index is 2.18. The van der Waals surface area contributed by atoms with Crippen LogP contribution in [0, 0.1) is 0 Å². The number of ketones is 1. The van der Waals surface area contributed by atoms with Crippen LogP contribution in [0.15, 0.2) is 64.0 Å². The number of carbonyl (C=O) groups is 1. The van der Waals surface area contributed by atoms with Crippen molar-refractivity contribution in [1.29, 1.82) is 0 Å². The third-order valence-corrected chi connectivity index (χ3v) is 4.54. The van der Waals surface area contributed by atoms with Crippen LogP contribution in [0.1, 0.15) is 15.9 Å². The van der Waals surface area contributed by atoms with Crippen molar-refractivity contribution in [2.45, 2.75) is 4.90 Å². The van der Waals surface area contributed by atoms with Gasteiger partial charge in [0, 0.05) is 21.7 Å². The summed E-state index contributed by atoms with van der Waals surface area (Å²) < 4.78 is 5.27. The van der Waals surface area contributed by atoms with E-state index in [0.29, 0.717) is 21.7 Å². The molecule has 0 atom stereocenters. The first kappa shape index (κ1) is 14.4. The van der Waals surface area contributed by atoms with Crippen LogP contribution in [-0.4, -0.2) is 12.9 Å². The normalized spacial score (nSPS) is 13.2. The van der Waals surface area contributed by atoms with Crippen LogP contribution in [0.2, 0.25) is 0 Å². The highest BCUT2D eigenvalue weighted by molar-refractivity contribution is 8.08. The molecule has 5 heteroatoms. The molecular formula is C17H13NO3S. The highest BCUT2D eigenvalue weighted by Gasteiger charge is 2.31. The van der Waals surface area contributed by atoms with Gasteiger partial charge in [-0.3, -0.25) is 9.59 Å². The number of allylic oxidation sites excluding steroid dienone is 1. The predicted octanol–water partition coefficient (Wildman–Crippen LogP) is 2.93. The zero-order chi connectivity index (χ0) is 15.7. The summed E-state index contributed by atoms with van der Waals surface area (Å²) in [4.78, 5) is 25.7. The minimum absolute atomic E-state index is 0.162. The van der Waals surface area contributed by atoms with Crippen LogP contribution in [0.3, 0.4) is 0 Å². The lowest BCUT2D eigenvalue weighted by molar-refractivity contribution is 0.0962. The number of benzene rings is 1. The zero-order valence-electron chi connectivity index (χ0n) is 11.8. The summed E-state index contributed by atoms with van der Waals surface area (Å²) in [6.07, 6.45) is 0. The van der Waals surface area contributed by atoms with E-state index in [2.05, 4.69) is 0 Å². The van der Waals surface area contributed by atoms with Crippen molar-refractivity contribution < 1.29 is 9.53 Å². The summed E-state index contributed by atoms with van der Waals surface area (Å²) in [7, 11) is 1.45. The summed E-state index contributed by atoms with van der Waals surface area (Å²) in [6, 6.07) is 13.5. The number of rotatable bonds is 3. The number of nitrogen functional groups attached to an aromatic ring is 1. The van der Waals surface area contributed by atoms with Gasteiger partial charge in [-0.15, -0.1) is 0 Å². The Labute approximate surface area is 131 Å². The molecule has 0 saturated carbocycles. The molecule has 0 fully saturated rings. The number of hydrogen-bond acceptors (Lipinski definition) is 5. The number of fused-ring (bicyclic) bond motifs is 1. The Kier molecular flexibility index (Phi) is 3.73. The Morgan fingerprint density at radius 3 is 2.50 bits per heavy atom. The van der Waals surface area contributed by atoms with E-state index in [1.54, 1.807) is 18.2 Å². The lowest BCUT2D eigenvalue weighted by Crippen LogP contribution is -1.99. The molecule has 3 rings (SSSR count). The molecule has 110 valence electrons. The molecule has 0 radical (unpaired) electrons. The summed E-state index contributed by atoms with van der Waals surface area (Å²) in [6.45, 7) is 0. The maximum absolute atomic E-state index is 12.4. The number of methoxy groups -OCH3 is 1. The van der Waals surface area contributed by atoms with Crippen LogP contribution in [0.4, 0.5) is 5.69 Å². The van der Waals surface area contributed by atoms with E-state index >= 15 is 0 Å². The fraction of sp³-hybridized carbons (Fsp3) is 0.0588. The second-order valence-electron chi connectivity index (χ2n) is 4.73. The van der Waals surface area contributed by atoms with Crippen molar-refractivity contribution in [3.8, 4) is 0 Å². The molecule has 0 bridgehead atoms. The maximum Gasteiger partial charge on any atom is 0.229 e. The van der Waals surface area contributed by atoms with Gasteiger partial charge in [0.2, 0.25) is 5.78 Å². The molecule has 2 aromatic rings. The first-order chi connectivity index (χ1) is 10.6. The molecule has 0 spiro atoms. The molecule has 22 heavy (non-hydrogen) atoms. The van der Waals surface area contributed by atoms with Crippen molar-refractivity contribution in [3.05, 3.63) is 75.6 Å². The molecule has 1 aliphatic carbocycles. The molecule has 0 heterocycles. The Bertz CT molecular complexity index is 858. The monoisotopic (exact) mass is 311 g/mol. The average Bonchev–Trinajstić information content (AvgIpc) is 2.64. The van der Waals surface area contributed by atoms with Crippen LogP contribution in [-0.2, 0) is 4.74 Å². The van der Waals surface area contributed by atoms with Gasteiger partial charge >= 0.3 is 0 Å². The third kappa shape index (κ3) is 2.40. The molecule has 0 aromatic heterocycles. The highest BCUT2D eigenvalue weighted by Crippen LogP contribution is 2.44. The second-order valence-corrected chi connectivity index (χ2v) is 5.78. The molecule has 1 aliphatic rings. The van der Waals surface area contributed by atoms with E-state index in [4.69, 9.17) is 10.5 Å². The topological polar surface area (TPSA) is 69.4 Å². The average molecular weight is 311 g/mol. The van der Waals surface area contributed by atoms with Gasteiger partial charge in [-0.25, -0.2) is 0 Å². The number of nitrogens with two attached hydrogens (primary N) is 1. The quantitative estimate of drug-likeness (QED) is 0.883. The lowest BCUT2D eigenvalue weighted by atomic mass is 10.2. The number of carbonyl (C=O) groups excluding carboxylic acids is 1. The fourth-order valence-corrected chi connectivity index (χ4v) is 3.40. The van der Waals surface area contributed by atoms with Gasteiger partial charge in [-0.1, -0.05) is 36.0 Å². The largest absolute Gasteiger partial charge is 0.492 e. The summed E-state index contributed by atoms with van der Waals surface area (Å²) in [5, 5.41) is 0. The van der Waals surface area contributed by atoms with Gasteiger partial charge < -0.3 is 10.5 Å². The predicted molar refractivity (Wildman–Crippen MR) is 87.7 cm³/mol. The summed E-state index contributed by atoms with van der Waals surface area (Å²) in [5.74, 6) is 0.0268. The van der Waals surface area contributed by atoms with Crippen molar-refractivity contribution in [2.24, 2.45) is 0 Å². The number of Topliss-reactive ketones (excluding diaryl/α,β-unsaturated/α-hetero) is 1. The number of ether oxygens (including phenoxy) is 1. The number of thioether (sulfide) groups is 1. The molecule has 0 saturated heterocycles. The third-order valence-electron chi connectivity index (χ3n) is 3.34. The maximum atomic E-state index is 12.4. The highest BCUT2D eigenvalue weighted by atomic mass is 32.2. The van der Waals surface area contributed by atoms with Gasteiger partial charge in [0.15, 0.2) is 11.2 Å². The summed E-state index contributed by atoms with van der Waals surface area (Å²) >= 11 is 1.33. The molecule has 0 unspecified atom stereocenters. The van der Waals surface area contributed by atoms with Crippen LogP contribution < -0.4 is 11.2 Å². The molecule has 4 nitrogen and oxygen atoms in total. The zero-order valence-corrected chi connectivity index (χ0v) is 12.6. The number of hydrogen-bond donors (Lipinski definition) is 1. The van der Waals surface area contributed by atoms with Gasteiger partial charge in [0.25, 0.3) is 0 Å². The van der Waals surface area contributed by atoms with Crippen LogP contribution >= 0.6 is 11.8 Å². The molecular weight excluding hydrogens is 298 g/mol. The number of anilines is 1. The van der Waals surface area contributed by atoms with Gasteiger partial charge in [-0.2, -0.15) is 0 Å². The van der Waals surface area contributed by atoms with Gasteiger partial charge in [0.05, 0.1) is 12.0 Å². The van der Waals surface area contributed by atoms with E-state index < -0.39 is 0 Å². The first-order valence-electron chi connectivity index (χ1n) is 6.62. The van der Waals surface area contributed by atoms with Gasteiger partial charge in [0.1, 0.15) is 0 Å². The van der Waals surface area contributed by atoms with Crippen molar-refractivity contribution >= 4 is 28.1 Å². The number of para-hydroxylation sites is 1. The molecule has 0 aliphatic heterocycles. The van der Waals surface area contributed by atoms with Crippen LogP contribution in [0.5, 0.6) is 0 Å². The second kappa shape index (κ2) is 5.69. The molecule has 2 aromatic carbocycles. The van der Waals surface area contributed by atoms with Crippen molar-refractivity contribution in [2.75, 3.05) is 12.8 Å². The van der Waals surface area contributed by atoms with Crippen LogP contribution in [0.25, 0.3) is 4.91 Å². The minimum Gasteiger partial charge on any atom is -0.492 e. The van der Waals surface area contributed by atoms with E-state index in [9.17, 15) is 9.59 Å². The minimum atomic E-state index is -0.217. The molecule has 2 N–H and O–H groups in total. The lowest BCUT2D eigenvalue weighted by Gasteiger charge is -2.08. The standard InChI is InChI=1S/C17H13NO3S/c1-21-16-15(20)11-6-4-5-10(19)9-12(11)17(16)22-14-8-3-2-7-13(14)18/h2-9H,18H2,1H3. The Morgan fingerprint density at radius 1 is 1.00 bits per heavy atom. The van der Waals surface area contributed by atoms with Gasteiger partial charge in [-0.05, 0) is 24.3 Å². The Morgan fingerprint density at radius 2 is 1.77 bits per heavy atom. The Hall–Kier alpha value is -2.53. The van der Waals surface area contributed by atoms with E-state index in [1.165, 1.54) is 31.0 Å². The van der Waals surface area contributed by atoms with E-state index in [-0.39, 0.29) is 17.0 Å².